The zero-order valence-corrected chi connectivity index (χ0v) is 13.3. The third kappa shape index (κ3) is 4.28. The molecule has 0 aliphatic heterocycles. The number of rotatable bonds is 6. The van der Waals surface area contributed by atoms with Crippen LogP contribution in [-0.4, -0.2) is 31.8 Å². The first-order valence-corrected chi connectivity index (χ1v) is 8.77. The summed E-state index contributed by atoms with van der Waals surface area (Å²) >= 11 is 0. The summed E-state index contributed by atoms with van der Waals surface area (Å²) in [7, 11) is -3.72. The molecule has 0 saturated heterocycles. The predicted octanol–water partition coefficient (Wildman–Crippen LogP) is 1.98. The zero-order valence-electron chi connectivity index (χ0n) is 12.5. The van der Waals surface area contributed by atoms with E-state index in [1.54, 1.807) is 0 Å². The largest absolute Gasteiger partial charge is 0.336 e. The molecule has 0 bridgehead atoms. The first-order valence-electron chi connectivity index (χ1n) is 7.23. The van der Waals surface area contributed by atoms with Crippen molar-refractivity contribution in [1.29, 1.82) is 0 Å². The van der Waals surface area contributed by atoms with Crippen LogP contribution < -0.4 is 5.14 Å². The first kappa shape index (κ1) is 16.0. The molecule has 1 aliphatic carbocycles. The van der Waals surface area contributed by atoms with E-state index in [2.05, 4.69) is 13.8 Å². The smallest absolute Gasteiger partial charge is 0.254 e. The van der Waals surface area contributed by atoms with Crippen LogP contribution >= 0.6 is 0 Å². The van der Waals surface area contributed by atoms with Gasteiger partial charge in [0.05, 0.1) is 4.90 Å². The molecule has 0 aromatic heterocycles. The Balaban J connectivity index is 2.13. The molecule has 1 aromatic carbocycles. The third-order valence-corrected chi connectivity index (χ3v) is 4.55. The van der Waals surface area contributed by atoms with Crippen molar-refractivity contribution in [3.63, 3.8) is 0 Å². The van der Waals surface area contributed by atoms with Crippen molar-refractivity contribution in [2.75, 3.05) is 6.54 Å². The number of carbonyl (C=O) groups is 1. The molecular weight excluding hydrogens is 288 g/mol. The Bertz CT molecular complexity index is 604. The fourth-order valence-electron chi connectivity index (χ4n) is 2.19. The van der Waals surface area contributed by atoms with Gasteiger partial charge in [0.2, 0.25) is 10.0 Å². The van der Waals surface area contributed by atoms with E-state index >= 15 is 0 Å². The lowest BCUT2D eigenvalue weighted by Crippen LogP contribution is -2.34. The molecule has 21 heavy (non-hydrogen) atoms. The molecule has 1 amide bonds. The summed E-state index contributed by atoms with van der Waals surface area (Å²) in [6, 6.07) is 6.18. The summed E-state index contributed by atoms with van der Waals surface area (Å²) in [4.78, 5) is 14.5. The minimum absolute atomic E-state index is 0.0270. The molecule has 1 aromatic rings. The van der Waals surface area contributed by atoms with E-state index in [4.69, 9.17) is 5.14 Å². The molecule has 0 heterocycles. The number of nitrogens with zero attached hydrogens (tertiary/aromatic N) is 1. The van der Waals surface area contributed by atoms with Gasteiger partial charge >= 0.3 is 0 Å². The van der Waals surface area contributed by atoms with Crippen LogP contribution in [0.5, 0.6) is 0 Å². The highest BCUT2D eigenvalue weighted by atomic mass is 32.2. The van der Waals surface area contributed by atoms with Crippen LogP contribution in [0.3, 0.4) is 0 Å². The Labute approximate surface area is 126 Å². The third-order valence-electron chi connectivity index (χ3n) is 3.63. The van der Waals surface area contributed by atoms with Crippen molar-refractivity contribution in [1.82, 2.24) is 4.90 Å². The van der Waals surface area contributed by atoms with Crippen LogP contribution in [-0.2, 0) is 10.0 Å². The normalized spacial score (nSPS) is 15.2. The van der Waals surface area contributed by atoms with E-state index < -0.39 is 10.0 Å². The first-order chi connectivity index (χ1) is 9.79. The molecule has 1 aliphatic rings. The second-order valence-corrected chi connectivity index (χ2v) is 7.54. The van der Waals surface area contributed by atoms with Gasteiger partial charge in [-0.15, -0.1) is 0 Å². The number of hydrogen-bond donors (Lipinski definition) is 1. The molecule has 1 saturated carbocycles. The van der Waals surface area contributed by atoms with Gasteiger partial charge in [-0.25, -0.2) is 13.6 Å². The molecule has 2 N–H and O–H groups in total. The Morgan fingerprint density at radius 1 is 1.29 bits per heavy atom. The monoisotopic (exact) mass is 310 g/mol. The van der Waals surface area contributed by atoms with Gasteiger partial charge in [0.25, 0.3) is 5.91 Å². The highest BCUT2D eigenvalue weighted by Crippen LogP contribution is 2.29. The highest BCUT2D eigenvalue weighted by molar-refractivity contribution is 7.89. The topological polar surface area (TPSA) is 80.5 Å². The van der Waals surface area contributed by atoms with Gasteiger partial charge in [-0.2, -0.15) is 0 Å². The van der Waals surface area contributed by atoms with Gasteiger partial charge in [-0.05, 0) is 49.4 Å². The maximum atomic E-state index is 12.5. The quantitative estimate of drug-likeness (QED) is 0.872. The average molecular weight is 310 g/mol. The maximum absolute atomic E-state index is 12.5. The molecule has 0 spiro atoms. The number of amides is 1. The van der Waals surface area contributed by atoms with Gasteiger partial charge in [-0.1, -0.05) is 13.8 Å². The second-order valence-electron chi connectivity index (χ2n) is 5.98. The molecule has 1 fully saturated rings. The second kappa shape index (κ2) is 6.15. The van der Waals surface area contributed by atoms with Crippen molar-refractivity contribution in [3.8, 4) is 0 Å². The number of carbonyl (C=O) groups excluding carboxylic acids is 1. The highest BCUT2D eigenvalue weighted by Gasteiger charge is 2.32. The molecule has 5 nitrogen and oxygen atoms in total. The number of nitrogens with two attached hydrogens (primary N) is 1. The van der Waals surface area contributed by atoms with Crippen LogP contribution in [0.15, 0.2) is 29.2 Å². The van der Waals surface area contributed by atoms with Crippen molar-refractivity contribution in [2.45, 2.75) is 44.0 Å². The maximum Gasteiger partial charge on any atom is 0.254 e. The molecule has 0 radical (unpaired) electrons. The van der Waals surface area contributed by atoms with Crippen molar-refractivity contribution < 1.29 is 13.2 Å². The lowest BCUT2D eigenvalue weighted by Gasteiger charge is -2.23. The van der Waals surface area contributed by atoms with E-state index in [1.807, 2.05) is 4.90 Å². The zero-order chi connectivity index (χ0) is 15.6. The fourth-order valence-corrected chi connectivity index (χ4v) is 2.70. The number of sulfonamides is 1. The lowest BCUT2D eigenvalue weighted by atomic mass is 10.1. The summed E-state index contributed by atoms with van der Waals surface area (Å²) in [6.45, 7) is 5.02. The van der Waals surface area contributed by atoms with Gasteiger partial charge < -0.3 is 4.90 Å². The Morgan fingerprint density at radius 2 is 1.86 bits per heavy atom. The van der Waals surface area contributed by atoms with Gasteiger partial charge in [0.15, 0.2) is 0 Å². The summed E-state index contributed by atoms with van der Waals surface area (Å²) < 4.78 is 22.5. The fraction of sp³-hybridized carbons (Fsp3) is 0.533. The van der Waals surface area contributed by atoms with Crippen molar-refractivity contribution in [2.24, 2.45) is 11.1 Å². The van der Waals surface area contributed by atoms with Crippen molar-refractivity contribution >= 4 is 15.9 Å². The number of benzene rings is 1. The Kier molecular flexibility index (Phi) is 4.68. The van der Waals surface area contributed by atoms with E-state index in [-0.39, 0.29) is 10.8 Å². The van der Waals surface area contributed by atoms with E-state index in [1.165, 1.54) is 24.3 Å². The number of primary sulfonamides is 1. The lowest BCUT2D eigenvalue weighted by molar-refractivity contribution is 0.0735. The average Bonchev–Trinajstić information content (AvgIpc) is 3.22. The number of hydrogen-bond acceptors (Lipinski definition) is 3. The predicted molar refractivity (Wildman–Crippen MR) is 81.3 cm³/mol. The Morgan fingerprint density at radius 3 is 2.29 bits per heavy atom. The molecule has 2 rings (SSSR count). The molecule has 0 unspecified atom stereocenters. The molecule has 0 atom stereocenters. The van der Waals surface area contributed by atoms with Crippen LogP contribution in [0, 0.1) is 5.92 Å². The summed E-state index contributed by atoms with van der Waals surface area (Å²) in [5, 5.41) is 5.06. The summed E-state index contributed by atoms with van der Waals surface area (Å²) in [5.41, 5.74) is 0.512. The van der Waals surface area contributed by atoms with Gasteiger partial charge in [0.1, 0.15) is 0 Å². The van der Waals surface area contributed by atoms with Crippen LogP contribution in [0.1, 0.15) is 43.5 Å². The molecule has 6 heteroatoms. The molecular formula is C15H22N2O3S. The van der Waals surface area contributed by atoms with E-state index in [0.717, 1.165) is 25.8 Å². The van der Waals surface area contributed by atoms with Crippen molar-refractivity contribution in [3.05, 3.63) is 29.8 Å². The SMILES string of the molecule is CC(C)CCN(C(=O)c1ccc(S(N)(=O)=O)cc1)C1CC1. The minimum Gasteiger partial charge on any atom is -0.336 e. The Hall–Kier alpha value is -1.40. The van der Waals surface area contributed by atoms with Gasteiger partial charge in [-0.3, -0.25) is 4.79 Å². The standard InChI is InChI=1S/C15H22N2O3S/c1-11(2)9-10-17(13-5-6-13)15(18)12-3-7-14(8-4-12)21(16,19)20/h3-4,7-8,11,13H,5-6,9-10H2,1-2H3,(H2,16,19,20). The summed E-state index contributed by atoms with van der Waals surface area (Å²) in [5.74, 6) is 0.517. The molecule has 116 valence electrons. The summed E-state index contributed by atoms with van der Waals surface area (Å²) in [6.07, 6.45) is 3.08. The van der Waals surface area contributed by atoms with Crippen LogP contribution in [0.4, 0.5) is 0 Å². The van der Waals surface area contributed by atoms with Crippen LogP contribution in [0.25, 0.3) is 0 Å². The van der Waals surface area contributed by atoms with Gasteiger partial charge in [0, 0.05) is 18.2 Å². The minimum atomic E-state index is -3.72. The van der Waals surface area contributed by atoms with Crippen LogP contribution in [0.2, 0.25) is 0 Å². The van der Waals surface area contributed by atoms with E-state index in [9.17, 15) is 13.2 Å². The van der Waals surface area contributed by atoms with E-state index in [0.29, 0.717) is 17.5 Å².